The van der Waals surface area contributed by atoms with E-state index in [1.54, 1.807) is 36.4 Å². The smallest absolute Gasteiger partial charge is 0.243 e. The highest BCUT2D eigenvalue weighted by atomic mass is 35.5. The van der Waals surface area contributed by atoms with E-state index in [0.717, 1.165) is 6.42 Å². The van der Waals surface area contributed by atoms with Gasteiger partial charge in [-0.3, -0.25) is 9.59 Å². The second-order valence-corrected chi connectivity index (χ2v) is 9.35. The van der Waals surface area contributed by atoms with Gasteiger partial charge in [0.15, 0.2) is 0 Å². The number of halogens is 3. The number of benzene rings is 2. The van der Waals surface area contributed by atoms with Crippen molar-refractivity contribution in [2.75, 3.05) is 5.75 Å². The normalized spacial score (nSPS) is 12.8. The number of amides is 2. The van der Waals surface area contributed by atoms with Gasteiger partial charge in [0.25, 0.3) is 0 Å². The molecule has 0 unspecified atom stereocenters. The highest BCUT2D eigenvalue weighted by Crippen LogP contribution is 2.27. The number of carbonyl (C=O) groups excluding carboxylic acids is 2. The zero-order valence-electron chi connectivity index (χ0n) is 18.5. The molecule has 2 aromatic carbocycles. The van der Waals surface area contributed by atoms with Crippen molar-refractivity contribution < 1.29 is 14.0 Å². The molecule has 174 valence electrons. The molecule has 0 aromatic heterocycles. The number of rotatable bonds is 11. The molecule has 2 amide bonds. The zero-order chi connectivity index (χ0) is 23.7. The van der Waals surface area contributed by atoms with Gasteiger partial charge in [-0.05, 0) is 43.5 Å². The van der Waals surface area contributed by atoms with E-state index in [1.165, 1.54) is 22.7 Å². The molecule has 0 aliphatic heterocycles. The SMILES string of the molecule is CC[C@@H](C)NC(=O)[C@H](CC)N(Cc1c(Cl)cccc1Cl)C(=O)CSCc1ccccc1F. The molecule has 8 heteroatoms. The van der Waals surface area contributed by atoms with Gasteiger partial charge in [-0.2, -0.15) is 0 Å². The third kappa shape index (κ3) is 7.39. The molecule has 0 aliphatic rings. The molecule has 2 aromatic rings. The molecule has 0 aliphatic carbocycles. The summed E-state index contributed by atoms with van der Waals surface area (Å²) in [4.78, 5) is 27.7. The van der Waals surface area contributed by atoms with E-state index in [4.69, 9.17) is 23.2 Å². The molecule has 2 rings (SSSR count). The lowest BCUT2D eigenvalue weighted by molar-refractivity contribution is -0.139. The highest BCUT2D eigenvalue weighted by molar-refractivity contribution is 7.99. The average Bonchev–Trinajstić information content (AvgIpc) is 2.76. The summed E-state index contributed by atoms with van der Waals surface area (Å²) in [6.07, 6.45) is 1.22. The van der Waals surface area contributed by atoms with E-state index >= 15 is 0 Å². The molecular formula is C24H29Cl2FN2O2S. The van der Waals surface area contributed by atoms with Crippen LogP contribution in [0.3, 0.4) is 0 Å². The summed E-state index contributed by atoms with van der Waals surface area (Å²) in [7, 11) is 0. The van der Waals surface area contributed by atoms with E-state index in [0.29, 0.717) is 33.3 Å². The molecule has 0 saturated carbocycles. The van der Waals surface area contributed by atoms with Crippen LogP contribution in [-0.4, -0.2) is 34.6 Å². The molecule has 32 heavy (non-hydrogen) atoms. The van der Waals surface area contributed by atoms with E-state index in [1.807, 2.05) is 20.8 Å². The Morgan fingerprint density at radius 2 is 1.72 bits per heavy atom. The van der Waals surface area contributed by atoms with Gasteiger partial charge in [0, 0.05) is 33.9 Å². The Balaban J connectivity index is 2.22. The van der Waals surface area contributed by atoms with Crippen LogP contribution in [0.1, 0.15) is 44.7 Å². The van der Waals surface area contributed by atoms with Crippen LogP contribution in [0.5, 0.6) is 0 Å². The van der Waals surface area contributed by atoms with Crippen LogP contribution in [0, 0.1) is 5.82 Å². The summed E-state index contributed by atoms with van der Waals surface area (Å²) in [6.45, 7) is 5.88. The minimum atomic E-state index is -0.669. The largest absolute Gasteiger partial charge is 0.352 e. The molecule has 0 fully saturated rings. The van der Waals surface area contributed by atoms with Gasteiger partial charge < -0.3 is 10.2 Å². The third-order valence-electron chi connectivity index (χ3n) is 5.22. The highest BCUT2D eigenvalue weighted by Gasteiger charge is 2.30. The van der Waals surface area contributed by atoms with Crippen molar-refractivity contribution in [3.8, 4) is 0 Å². The van der Waals surface area contributed by atoms with Gasteiger partial charge in [0.2, 0.25) is 11.8 Å². The molecule has 0 heterocycles. The van der Waals surface area contributed by atoms with Crippen LogP contribution in [0.4, 0.5) is 4.39 Å². The van der Waals surface area contributed by atoms with E-state index < -0.39 is 6.04 Å². The number of nitrogens with one attached hydrogen (secondary N) is 1. The Labute approximate surface area is 203 Å². The lowest BCUT2D eigenvalue weighted by atomic mass is 10.1. The minimum Gasteiger partial charge on any atom is -0.352 e. The van der Waals surface area contributed by atoms with Crippen LogP contribution in [0.2, 0.25) is 10.0 Å². The fourth-order valence-electron chi connectivity index (χ4n) is 3.16. The molecule has 0 saturated heterocycles. The molecular weight excluding hydrogens is 470 g/mol. The van der Waals surface area contributed by atoms with E-state index in [9.17, 15) is 14.0 Å². The predicted octanol–water partition coefficient (Wildman–Crippen LogP) is 6.09. The van der Waals surface area contributed by atoms with Crippen molar-refractivity contribution in [3.05, 3.63) is 69.5 Å². The summed E-state index contributed by atoms with van der Waals surface area (Å²) in [5, 5.41) is 3.84. The van der Waals surface area contributed by atoms with Gasteiger partial charge in [-0.1, -0.05) is 61.3 Å². The first kappa shape index (κ1) is 26.5. The van der Waals surface area contributed by atoms with Crippen LogP contribution in [0.15, 0.2) is 42.5 Å². The first-order valence-corrected chi connectivity index (χ1v) is 12.5. The van der Waals surface area contributed by atoms with Crippen molar-refractivity contribution in [1.29, 1.82) is 0 Å². The molecule has 1 N–H and O–H groups in total. The number of hydrogen-bond acceptors (Lipinski definition) is 3. The maximum atomic E-state index is 13.9. The maximum absolute atomic E-state index is 13.9. The molecule has 0 spiro atoms. The number of thioether (sulfide) groups is 1. The maximum Gasteiger partial charge on any atom is 0.243 e. The zero-order valence-corrected chi connectivity index (χ0v) is 20.9. The van der Waals surface area contributed by atoms with Crippen molar-refractivity contribution in [2.45, 2.75) is 58.0 Å². The average molecular weight is 499 g/mol. The fraction of sp³-hybridized carbons (Fsp3) is 0.417. The van der Waals surface area contributed by atoms with Crippen molar-refractivity contribution in [3.63, 3.8) is 0 Å². The molecule has 2 atom stereocenters. The van der Waals surface area contributed by atoms with E-state index in [2.05, 4.69) is 5.32 Å². The molecule has 4 nitrogen and oxygen atoms in total. The van der Waals surface area contributed by atoms with Crippen molar-refractivity contribution in [2.24, 2.45) is 0 Å². The Bertz CT molecular complexity index is 908. The minimum absolute atomic E-state index is 0.00664. The number of carbonyl (C=O) groups is 2. The summed E-state index contributed by atoms with van der Waals surface area (Å²) in [6, 6.07) is 11.0. The second kappa shape index (κ2) is 13.1. The monoisotopic (exact) mass is 498 g/mol. The van der Waals surface area contributed by atoms with Crippen LogP contribution < -0.4 is 5.32 Å². The van der Waals surface area contributed by atoms with Gasteiger partial charge in [0.05, 0.1) is 5.75 Å². The summed E-state index contributed by atoms with van der Waals surface area (Å²) in [5.74, 6) is -0.282. The standard InChI is InChI=1S/C24H29Cl2FN2O2S/c1-4-16(3)28-24(31)22(5-2)29(13-18-19(25)10-8-11-20(18)26)23(30)15-32-14-17-9-6-7-12-21(17)27/h6-12,16,22H,4-5,13-15H2,1-3H3,(H,28,31)/t16-,22+/m1/s1. The van der Waals surface area contributed by atoms with Gasteiger partial charge in [-0.25, -0.2) is 4.39 Å². The second-order valence-electron chi connectivity index (χ2n) is 7.55. The number of hydrogen-bond donors (Lipinski definition) is 1. The fourth-order valence-corrected chi connectivity index (χ4v) is 4.57. The quantitative estimate of drug-likeness (QED) is 0.407. The Hall–Kier alpha value is -1.76. The van der Waals surface area contributed by atoms with Gasteiger partial charge in [-0.15, -0.1) is 11.8 Å². The van der Waals surface area contributed by atoms with Gasteiger partial charge in [0.1, 0.15) is 11.9 Å². The Kier molecular flexibility index (Phi) is 10.8. The molecule has 0 bridgehead atoms. The Morgan fingerprint density at radius 1 is 1.06 bits per heavy atom. The first-order valence-electron chi connectivity index (χ1n) is 10.6. The first-order chi connectivity index (χ1) is 15.3. The van der Waals surface area contributed by atoms with E-state index in [-0.39, 0.29) is 36.0 Å². The van der Waals surface area contributed by atoms with Crippen molar-refractivity contribution in [1.82, 2.24) is 10.2 Å². The van der Waals surface area contributed by atoms with Crippen molar-refractivity contribution >= 4 is 46.8 Å². The summed E-state index contributed by atoms with van der Waals surface area (Å²) < 4.78 is 13.9. The predicted molar refractivity (Wildman–Crippen MR) is 132 cm³/mol. The van der Waals surface area contributed by atoms with Crippen LogP contribution >= 0.6 is 35.0 Å². The Morgan fingerprint density at radius 3 is 2.31 bits per heavy atom. The van der Waals surface area contributed by atoms with Crippen LogP contribution in [0.25, 0.3) is 0 Å². The molecule has 0 radical (unpaired) electrons. The third-order valence-corrected chi connectivity index (χ3v) is 6.89. The lowest BCUT2D eigenvalue weighted by Gasteiger charge is -2.32. The topological polar surface area (TPSA) is 49.4 Å². The van der Waals surface area contributed by atoms with Crippen LogP contribution in [-0.2, 0) is 21.9 Å². The lowest BCUT2D eigenvalue weighted by Crippen LogP contribution is -2.51. The summed E-state index contributed by atoms with van der Waals surface area (Å²) >= 11 is 14.0. The summed E-state index contributed by atoms with van der Waals surface area (Å²) in [5.41, 5.74) is 1.13. The number of nitrogens with zero attached hydrogens (tertiary/aromatic N) is 1. The van der Waals surface area contributed by atoms with Gasteiger partial charge >= 0.3 is 0 Å².